The highest BCUT2D eigenvalue weighted by atomic mass is 16.5. The lowest BCUT2D eigenvalue weighted by Crippen LogP contribution is -1.95. The standard InChI is InChI=1S/C9H8O5/c1-13-6-2-4-5(3-14-9(4)12)7(10)8(6)11/h2,10-11H,3H2,1H3. The normalized spacial score (nSPS) is 13.6. The fraction of sp³-hybridized carbons (Fsp3) is 0.222. The van der Waals surface area contributed by atoms with E-state index in [1.54, 1.807) is 0 Å². The van der Waals surface area contributed by atoms with E-state index >= 15 is 0 Å². The molecule has 0 unspecified atom stereocenters. The Hall–Kier alpha value is -1.91. The zero-order valence-electron chi connectivity index (χ0n) is 7.40. The van der Waals surface area contributed by atoms with E-state index in [4.69, 9.17) is 9.47 Å². The number of hydrogen-bond donors (Lipinski definition) is 2. The summed E-state index contributed by atoms with van der Waals surface area (Å²) < 4.78 is 9.47. The number of phenols is 2. The molecule has 0 spiro atoms. The number of benzene rings is 1. The Morgan fingerprint density at radius 1 is 1.43 bits per heavy atom. The first-order chi connectivity index (χ1) is 6.65. The molecule has 1 aliphatic rings. The highest BCUT2D eigenvalue weighted by Gasteiger charge is 2.28. The highest BCUT2D eigenvalue weighted by molar-refractivity contribution is 5.95. The van der Waals surface area contributed by atoms with Crippen molar-refractivity contribution < 1.29 is 24.5 Å². The van der Waals surface area contributed by atoms with Gasteiger partial charge in [0, 0.05) is 5.56 Å². The SMILES string of the molecule is COc1cc2c(c(O)c1O)COC2=O. The smallest absolute Gasteiger partial charge is 0.339 e. The number of esters is 1. The van der Waals surface area contributed by atoms with Crippen LogP contribution in [0.1, 0.15) is 15.9 Å². The molecule has 5 nitrogen and oxygen atoms in total. The predicted octanol–water partition coefficient (Wildman–Crippen LogP) is 0.777. The Morgan fingerprint density at radius 3 is 2.79 bits per heavy atom. The van der Waals surface area contributed by atoms with E-state index in [9.17, 15) is 15.0 Å². The molecule has 0 fully saturated rings. The number of cyclic esters (lactones) is 1. The molecule has 0 saturated heterocycles. The Morgan fingerprint density at radius 2 is 2.14 bits per heavy atom. The van der Waals surface area contributed by atoms with Crippen LogP contribution in [0.5, 0.6) is 17.2 Å². The summed E-state index contributed by atoms with van der Waals surface area (Å²) in [5.41, 5.74) is 0.533. The van der Waals surface area contributed by atoms with Gasteiger partial charge in [-0.25, -0.2) is 4.79 Å². The molecule has 0 saturated carbocycles. The van der Waals surface area contributed by atoms with E-state index in [-0.39, 0.29) is 29.4 Å². The molecule has 0 aromatic heterocycles. The van der Waals surface area contributed by atoms with E-state index in [2.05, 4.69) is 0 Å². The molecule has 1 aliphatic heterocycles. The summed E-state index contributed by atoms with van der Waals surface area (Å²) in [5.74, 6) is -1.19. The number of carbonyl (C=O) groups excluding carboxylic acids is 1. The summed E-state index contributed by atoms with van der Waals surface area (Å²) in [7, 11) is 1.33. The monoisotopic (exact) mass is 196 g/mol. The van der Waals surface area contributed by atoms with Crippen molar-refractivity contribution in [2.75, 3.05) is 7.11 Å². The fourth-order valence-corrected chi connectivity index (χ4v) is 1.37. The quantitative estimate of drug-likeness (QED) is 0.512. The van der Waals surface area contributed by atoms with Gasteiger partial charge in [0.25, 0.3) is 0 Å². The molecule has 14 heavy (non-hydrogen) atoms. The Kier molecular flexibility index (Phi) is 1.73. The summed E-state index contributed by atoms with van der Waals surface area (Å²) in [5, 5.41) is 18.9. The van der Waals surface area contributed by atoms with Crippen molar-refractivity contribution in [3.05, 3.63) is 17.2 Å². The van der Waals surface area contributed by atoms with Crippen LogP contribution in [0.4, 0.5) is 0 Å². The Balaban J connectivity index is 2.68. The molecule has 5 heteroatoms. The van der Waals surface area contributed by atoms with Crippen LogP contribution in [-0.4, -0.2) is 23.3 Å². The van der Waals surface area contributed by atoms with E-state index in [1.807, 2.05) is 0 Å². The summed E-state index contributed by atoms with van der Waals surface area (Å²) in [6, 6.07) is 1.35. The van der Waals surface area contributed by atoms with Crippen LogP contribution in [0.3, 0.4) is 0 Å². The first kappa shape index (κ1) is 8.68. The molecule has 0 bridgehead atoms. The summed E-state index contributed by atoms with van der Waals surface area (Å²) in [4.78, 5) is 11.1. The number of phenolic OH excluding ortho intramolecular Hbond substituents is 2. The average molecular weight is 196 g/mol. The fourth-order valence-electron chi connectivity index (χ4n) is 1.37. The second-order valence-corrected chi connectivity index (χ2v) is 2.88. The van der Waals surface area contributed by atoms with Crippen LogP contribution in [-0.2, 0) is 11.3 Å². The predicted molar refractivity (Wildman–Crippen MR) is 45.4 cm³/mol. The van der Waals surface area contributed by atoms with Crippen molar-refractivity contribution in [2.45, 2.75) is 6.61 Å². The number of aromatic hydroxyl groups is 2. The van der Waals surface area contributed by atoms with Gasteiger partial charge in [-0.3, -0.25) is 0 Å². The third kappa shape index (κ3) is 0.985. The van der Waals surface area contributed by atoms with Crippen molar-refractivity contribution in [2.24, 2.45) is 0 Å². The first-order valence-electron chi connectivity index (χ1n) is 3.94. The lowest BCUT2D eigenvalue weighted by Gasteiger charge is -2.07. The highest BCUT2D eigenvalue weighted by Crippen LogP contribution is 2.42. The molecule has 0 atom stereocenters. The maximum absolute atomic E-state index is 11.1. The van der Waals surface area contributed by atoms with E-state index in [0.29, 0.717) is 5.56 Å². The zero-order valence-corrected chi connectivity index (χ0v) is 7.40. The molecular formula is C9H8O5. The van der Waals surface area contributed by atoms with Crippen LogP contribution in [0.15, 0.2) is 6.07 Å². The molecule has 2 N–H and O–H groups in total. The second kappa shape index (κ2) is 2.80. The van der Waals surface area contributed by atoms with Crippen molar-refractivity contribution in [1.29, 1.82) is 0 Å². The lowest BCUT2D eigenvalue weighted by molar-refractivity contribution is 0.0534. The maximum atomic E-state index is 11.1. The van der Waals surface area contributed by atoms with Crippen LogP contribution in [0.2, 0.25) is 0 Å². The minimum Gasteiger partial charge on any atom is -0.504 e. The molecule has 0 radical (unpaired) electrons. The molecular weight excluding hydrogens is 188 g/mol. The second-order valence-electron chi connectivity index (χ2n) is 2.88. The van der Waals surface area contributed by atoms with E-state index in [0.717, 1.165) is 0 Å². The number of carbonyl (C=O) groups is 1. The minimum atomic E-state index is -0.520. The maximum Gasteiger partial charge on any atom is 0.339 e. The van der Waals surface area contributed by atoms with Gasteiger partial charge in [0.15, 0.2) is 11.5 Å². The van der Waals surface area contributed by atoms with Crippen molar-refractivity contribution in [3.63, 3.8) is 0 Å². The van der Waals surface area contributed by atoms with Crippen LogP contribution in [0.25, 0.3) is 0 Å². The average Bonchev–Trinajstić information content (AvgIpc) is 2.54. The van der Waals surface area contributed by atoms with Gasteiger partial charge in [-0.1, -0.05) is 0 Å². The number of methoxy groups -OCH3 is 1. The minimum absolute atomic E-state index is 0.0163. The van der Waals surface area contributed by atoms with E-state index < -0.39 is 5.97 Å². The number of ether oxygens (including phenoxy) is 2. The number of rotatable bonds is 1. The van der Waals surface area contributed by atoms with Crippen molar-refractivity contribution in [3.8, 4) is 17.2 Å². The topological polar surface area (TPSA) is 76.0 Å². The molecule has 0 amide bonds. The Bertz CT molecular complexity index is 410. The molecule has 74 valence electrons. The third-order valence-corrected chi connectivity index (χ3v) is 2.13. The van der Waals surface area contributed by atoms with Gasteiger partial charge >= 0.3 is 5.97 Å². The molecule has 2 rings (SSSR count). The van der Waals surface area contributed by atoms with Gasteiger partial charge in [-0.2, -0.15) is 0 Å². The molecule has 0 aliphatic carbocycles. The van der Waals surface area contributed by atoms with Gasteiger partial charge < -0.3 is 19.7 Å². The first-order valence-corrected chi connectivity index (χ1v) is 3.94. The molecule has 1 heterocycles. The molecule has 1 aromatic carbocycles. The van der Waals surface area contributed by atoms with Crippen LogP contribution < -0.4 is 4.74 Å². The van der Waals surface area contributed by atoms with Gasteiger partial charge in [-0.15, -0.1) is 0 Å². The zero-order chi connectivity index (χ0) is 10.3. The summed E-state index contributed by atoms with van der Waals surface area (Å²) in [6.07, 6.45) is 0. The summed E-state index contributed by atoms with van der Waals surface area (Å²) in [6.45, 7) is -0.0163. The number of hydrogen-bond acceptors (Lipinski definition) is 5. The molecule has 1 aromatic rings. The van der Waals surface area contributed by atoms with Gasteiger partial charge in [-0.05, 0) is 6.07 Å². The Labute approximate surface area is 79.5 Å². The number of fused-ring (bicyclic) bond motifs is 1. The van der Waals surface area contributed by atoms with Gasteiger partial charge in [0.05, 0.1) is 12.7 Å². The van der Waals surface area contributed by atoms with Gasteiger partial charge in [0.2, 0.25) is 5.75 Å². The van der Waals surface area contributed by atoms with Gasteiger partial charge in [0.1, 0.15) is 6.61 Å². The lowest BCUT2D eigenvalue weighted by atomic mass is 10.1. The third-order valence-electron chi connectivity index (χ3n) is 2.13. The van der Waals surface area contributed by atoms with Crippen molar-refractivity contribution >= 4 is 5.97 Å². The largest absolute Gasteiger partial charge is 0.504 e. The van der Waals surface area contributed by atoms with Crippen LogP contribution >= 0.6 is 0 Å². The van der Waals surface area contributed by atoms with Crippen LogP contribution in [0, 0.1) is 0 Å². The summed E-state index contributed by atoms with van der Waals surface area (Å²) >= 11 is 0. The van der Waals surface area contributed by atoms with Crippen molar-refractivity contribution in [1.82, 2.24) is 0 Å². The van der Waals surface area contributed by atoms with E-state index in [1.165, 1.54) is 13.2 Å².